The van der Waals surface area contributed by atoms with Crippen LogP contribution in [-0.2, 0) is 9.59 Å². The van der Waals surface area contributed by atoms with Gasteiger partial charge in [-0.05, 0) is 48.5 Å². The summed E-state index contributed by atoms with van der Waals surface area (Å²) in [6.45, 7) is 0.0234. The summed E-state index contributed by atoms with van der Waals surface area (Å²) in [5, 5.41) is 0. The average Bonchev–Trinajstić information content (AvgIpc) is 2.92. The van der Waals surface area contributed by atoms with Crippen molar-refractivity contribution in [2.45, 2.75) is 0 Å². The van der Waals surface area contributed by atoms with E-state index in [0.717, 1.165) is 9.80 Å². The van der Waals surface area contributed by atoms with Crippen LogP contribution in [0.15, 0.2) is 48.5 Å². The van der Waals surface area contributed by atoms with E-state index in [2.05, 4.69) is 0 Å². The van der Waals surface area contributed by atoms with Crippen LogP contribution >= 0.6 is 0 Å². The number of nitrogens with zero attached hydrogens (tertiary/aromatic N) is 2. The Morgan fingerprint density at radius 2 is 1.26 bits per heavy atom. The number of urea groups is 1. The van der Waals surface area contributed by atoms with E-state index in [4.69, 9.17) is 14.2 Å². The Balaban J connectivity index is 1.64. The van der Waals surface area contributed by atoms with Crippen LogP contribution in [0.2, 0.25) is 0 Å². The van der Waals surface area contributed by atoms with Crippen LogP contribution in [0.25, 0.3) is 0 Å². The lowest BCUT2D eigenvalue weighted by molar-refractivity contribution is -0.139. The second-order valence-corrected chi connectivity index (χ2v) is 5.60. The van der Waals surface area contributed by atoms with Crippen LogP contribution in [0.1, 0.15) is 0 Å². The van der Waals surface area contributed by atoms with Gasteiger partial charge in [-0.2, -0.15) is 0 Å². The van der Waals surface area contributed by atoms with Crippen molar-refractivity contribution in [3.05, 3.63) is 48.5 Å². The molecular formula is C19H18N2O6. The van der Waals surface area contributed by atoms with E-state index in [0.29, 0.717) is 22.9 Å². The third kappa shape index (κ3) is 3.69. The van der Waals surface area contributed by atoms with Gasteiger partial charge in [0.25, 0.3) is 0 Å². The van der Waals surface area contributed by atoms with Gasteiger partial charge in [-0.3, -0.25) is 14.5 Å². The van der Waals surface area contributed by atoms with Gasteiger partial charge in [-0.25, -0.2) is 9.69 Å². The normalized spacial score (nSPS) is 13.9. The van der Waals surface area contributed by atoms with E-state index in [1.165, 1.54) is 7.11 Å². The molecule has 1 aliphatic rings. The summed E-state index contributed by atoms with van der Waals surface area (Å²) < 4.78 is 15.6. The maximum Gasteiger partial charge on any atom is 0.339 e. The van der Waals surface area contributed by atoms with Crippen molar-refractivity contribution in [2.75, 3.05) is 32.3 Å². The summed E-state index contributed by atoms with van der Waals surface area (Å²) in [5.74, 6) is 0.0545. The van der Waals surface area contributed by atoms with E-state index in [9.17, 15) is 14.4 Å². The predicted molar refractivity (Wildman–Crippen MR) is 96.1 cm³/mol. The first kappa shape index (κ1) is 18.2. The minimum atomic E-state index is -0.894. The molecule has 0 radical (unpaired) electrons. The number of carbonyl (C=O) groups excluding carboxylic acids is 3. The highest BCUT2D eigenvalue weighted by molar-refractivity contribution is 6.52. The second-order valence-electron chi connectivity index (χ2n) is 5.60. The number of rotatable bonds is 7. The monoisotopic (exact) mass is 370 g/mol. The number of anilines is 1. The van der Waals surface area contributed by atoms with Crippen molar-refractivity contribution in [1.82, 2.24) is 4.90 Å². The van der Waals surface area contributed by atoms with Gasteiger partial charge in [0, 0.05) is 0 Å². The van der Waals surface area contributed by atoms with Gasteiger partial charge < -0.3 is 14.2 Å². The molecular weight excluding hydrogens is 352 g/mol. The number of methoxy groups -OCH3 is 2. The summed E-state index contributed by atoms with van der Waals surface area (Å²) in [6, 6.07) is 12.5. The Morgan fingerprint density at radius 1 is 0.741 bits per heavy atom. The van der Waals surface area contributed by atoms with Gasteiger partial charge in [0.15, 0.2) is 0 Å². The van der Waals surface area contributed by atoms with Gasteiger partial charge >= 0.3 is 17.8 Å². The zero-order chi connectivity index (χ0) is 19.4. The molecule has 0 bridgehead atoms. The summed E-state index contributed by atoms with van der Waals surface area (Å²) in [5.41, 5.74) is 0.303. The molecule has 2 aromatic carbocycles. The molecule has 4 amide bonds. The molecule has 8 nitrogen and oxygen atoms in total. The fraction of sp³-hybridized carbons (Fsp3) is 0.211. The molecule has 8 heteroatoms. The maximum atomic E-state index is 12.5. The van der Waals surface area contributed by atoms with Crippen molar-refractivity contribution in [3.8, 4) is 17.2 Å². The number of carbonyl (C=O) groups is 3. The molecule has 1 saturated heterocycles. The zero-order valence-electron chi connectivity index (χ0n) is 14.9. The van der Waals surface area contributed by atoms with Gasteiger partial charge in [0.1, 0.15) is 23.9 Å². The van der Waals surface area contributed by atoms with E-state index in [-0.39, 0.29) is 13.2 Å². The minimum absolute atomic E-state index is 0.0396. The molecule has 1 aliphatic heterocycles. The lowest BCUT2D eigenvalue weighted by Crippen LogP contribution is -2.36. The smallest absolute Gasteiger partial charge is 0.339 e. The van der Waals surface area contributed by atoms with Crippen molar-refractivity contribution >= 4 is 23.5 Å². The quantitative estimate of drug-likeness (QED) is 0.548. The average molecular weight is 370 g/mol. The van der Waals surface area contributed by atoms with Crippen molar-refractivity contribution in [1.29, 1.82) is 0 Å². The second kappa shape index (κ2) is 7.77. The fourth-order valence-electron chi connectivity index (χ4n) is 2.59. The highest BCUT2D eigenvalue weighted by Crippen LogP contribution is 2.24. The number of hydrogen-bond acceptors (Lipinski definition) is 6. The standard InChI is InChI=1S/C19H18N2O6/c1-25-14-5-3-13(4-6-14)21-18(23)17(22)20(19(21)24)11-12-27-16-9-7-15(26-2)8-10-16/h3-10H,11-12H2,1-2H3. The van der Waals surface area contributed by atoms with Crippen LogP contribution in [0, 0.1) is 0 Å². The molecule has 27 heavy (non-hydrogen) atoms. The number of hydrogen-bond donors (Lipinski definition) is 0. The van der Waals surface area contributed by atoms with Gasteiger partial charge in [-0.1, -0.05) is 0 Å². The van der Waals surface area contributed by atoms with Gasteiger partial charge in [-0.15, -0.1) is 0 Å². The largest absolute Gasteiger partial charge is 0.497 e. The third-order valence-electron chi connectivity index (χ3n) is 4.03. The molecule has 0 spiro atoms. The zero-order valence-corrected chi connectivity index (χ0v) is 14.9. The molecule has 1 fully saturated rings. The van der Waals surface area contributed by atoms with Crippen LogP contribution in [0.4, 0.5) is 10.5 Å². The molecule has 0 aromatic heterocycles. The molecule has 0 aliphatic carbocycles. The third-order valence-corrected chi connectivity index (χ3v) is 4.03. The fourth-order valence-corrected chi connectivity index (χ4v) is 2.59. The lowest BCUT2D eigenvalue weighted by Gasteiger charge is -2.16. The van der Waals surface area contributed by atoms with Crippen molar-refractivity contribution < 1.29 is 28.6 Å². The molecule has 0 saturated carbocycles. The number of imide groups is 2. The molecule has 0 atom stereocenters. The van der Waals surface area contributed by atoms with Crippen LogP contribution in [-0.4, -0.2) is 50.1 Å². The van der Waals surface area contributed by atoms with Crippen LogP contribution in [0.3, 0.4) is 0 Å². The van der Waals surface area contributed by atoms with E-state index in [1.807, 2.05) is 0 Å². The summed E-state index contributed by atoms with van der Waals surface area (Å²) in [4.78, 5) is 38.6. The Kier molecular flexibility index (Phi) is 5.25. The molecule has 140 valence electrons. The highest BCUT2D eigenvalue weighted by atomic mass is 16.5. The molecule has 3 rings (SSSR count). The number of benzene rings is 2. The Hall–Kier alpha value is -3.55. The van der Waals surface area contributed by atoms with Crippen molar-refractivity contribution in [2.24, 2.45) is 0 Å². The summed E-state index contributed by atoms with van der Waals surface area (Å²) >= 11 is 0. The lowest BCUT2D eigenvalue weighted by atomic mass is 10.3. The summed E-state index contributed by atoms with van der Waals surface area (Å²) in [7, 11) is 3.07. The SMILES string of the molecule is COc1ccc(OCCN2C(=O)C(=O)N(c3ccc(OC)cc3)C2=O)cc1. The Bertz CT molecular complexity index is 848. The van der Waals surface area contributed by atoms with Gasteiger partial charge in [0.05, 0.1) is 26.5 Å². The molecule has 1 heterocycles. The maximum absolute atomic E-state index is 12.5. The first-order valence-electron chi connectivity index (χ1n) is 8.16. The first-order chi connectivity index (χ1) is 13.0. The first-order valence-corrected chi connectivity index (χ1v) is 8.16. The topological polar surface area (TPSA) is 85.4 Å². The number of ether oxygens (including phenoxy) is 3. The van der Waals surface area contributed by atoms with Crippen LogP contribution in [0.5, 0.6) is 17.2 Å². The highest BCUT2D eigenvalue weighted by Gasteiger charge is 2.45. The minimum Gasteiger partial charge on any atom is -0.497 e. The van der Waals surface area contributed by atoms with E-state index < -0.39 is 17.8 Å². The summed E-state index contributed by atoms with van der Waals surface area (Å²) in [6.07, 6.45) is 0. The van der Waals surface area contributed by atoms with Crippen molar-refractivity contribution in [3.63, 3.8) is 0 Å². The number of amides is 4. The molecule has 0 unspecified atom stereocenters. The molecule has 0 N–H and O–H groups in total. The van der Waals surface area contributed by atoms with E-state index in [1.54, 1.807) is 55.6 Å². The Morgan fingerprint density at radius 3 is 1.81 bits per heavy atom. The van der Waals surface area contributed by atoms with Gasteiger partial charge in [0.2, 0.25) is 0 Å². The van der Waals surface area contributed by atoms with Crippen LogP contribution < -0.4 is 19.1 Å². The molecule has 2 aromatic rings. The van der Waals surface area contributed by atoms with E-state index >= 15 is 0 Å². The Labute approximate surface area is 155 Å². The predicted octanol–water partition coefficient (Wildman–Crippen LogP) is 2.08.